The van der Waals surface area contributed by atoms with E-state index in [-0.39, 0.29) is 50.3 Å². The van der Waals surface area contributed by atoms with Gasteiger partial charge in [0, 0.05) is 31.3 Å². The molecule has 0 radical (unpaired) electrons. The zero-order chi connectivity index (χ0) is 29.8. The highest BCUT2D eigenvalue weighted by molar-refractivity contribution is 7.07. The smallest absolute Gasteiger partial charge is 0.227 e. The Morgan fingerprint density at radius 3 is 2.41 bits per heavy atom. The molecule has 5 N–H and O–H groups in total. The van der Waals surface area contributed by atoms with Crippen molar-refractivity contribution < 1.29 is 30.0 Å². The molecule has 41 heavy (non-hydrogen) atoms. The van der Waals surface area contributed by atoms with Gasteiger partial charge in [-0.05, 0) is 37.5 Å². The Hall–Kier alpha value is -1.59. The lowest BCUT2D eigenvalue weighted by molar-refractivity contribution is -0.153. The van der Waals surface area contributed by atoms with E-state index < -0.39 is 29.8 Å². The topological polar surface area (TPSA) is 143 Å². The fourth-order valence-corrected chi connectivity index (χ4v) is 7.27. The van der Waals surface area contributed by atoms with Crippen LogP contribution in [0.5, 0.6) is 0 Å². The van der Waals surface area contributed by atoms with E-state index >= 15 is 0 Å². The van der Waals surface area contributed by atoms with Crippen LogP contribution < -0.4 is 5.32 Å². The molecule has 10 heteroatoms. The molecule has 9 nitrogen and oxygen atoms in total. The van der Waals surface area contributed by atoms with Gasteiger partial charge in [0.25, 0.3) is 0 Å². The van der Waals surface area contributed by atoms with E-state index in [0.29, 0.717) is 37.3 Å². The van der Waals surface area contributed by atoms with Crippen molar-refractivity contribution in [1.82, 2.24) is 15.2 Å². The zero-order valence-corrected chi connectivity index (χ0v) is 25.9. The molecule has 2 fully saturated rings. The Morgan fingerprint density at radius 1 is 1.12 bits per heavy atom. The zero-order valence-electron chi connectivity index (χ0n) is 25.0. The molecular formula is C31H53N3O6S. The third-order valence-electron chi connectivity index (χ3n) is 8.89. The molecule has 1 aromatic heterocycles. The third-order valence-corrected chi connectivity index (χ3v) is 9.52. The molecule has 0 bridgehead atoms. The van der Waals surface area contributed by atoms with Crippen molar-refractivity contribution in [2.45, 2.75) is 128 Å². The highest BCUT2D eigenvalue weighted by Gasteiger charge is 2.43. The number of carbonyl (C=O) groups is 2. The van der Waals surface area contributed by atoms with E-state index in [1.54, 1.807) is 10.4 Å². The number of nitrogens with zero attached hydrogens (tertiary/aromatic N) is 2. The number of nitrogens with one attached hydrogen (secondary N) is 1. The molecular weight excluding hydrogens is 542 g/mol. The minimum atomic E-state index is -1.17. The van der Waals surface area contributed by atoms with Gasteiger partial charge < -0.3 is 30.6 Å². The van der Waals surface area contributed by atoms with E-state index in [4.69, 9.17) is 0 Å². The normalized spacial score (nSPS) is 20.8. The van der Waals surface area contributed by atoms with E-state index in [1.165, 1.54) is 17.8 Å². The van der Waals surface area contributed by atoms with Crippen LogP contribution in [0.15, 0.2) is 10.9 Å². The SMILES string of the molecule is CC(C)C[C@H](O)[C@H](O)[C@H](CC1CCCCC1)N(CC1(O)CCCCC1)C(=O)[C@@H](CC(=O)NCCO)Cc1cscn1. The van der Waals surface area contributed by atoms with Gasteiger partial charge in [-0.25, -0.2) is 4.98 Å². The van der Waals surface area contributed by atoms with Crippen LogP contribution in [0.3, 0.4) is 0 Å². The molecule has 2 amide bonds. The predicted octanol–water partition coefficient (Wildman–Crippen LogP) is 3.43. The average Bonchev–Trinajstić information content (AvgIpc) is 3.46. The second-order valence-corrected chi connectivity index (χ2v) is 13.6. The maximum Gasteiger partial charge on any atom is 0.227 e. The van der Waals surface area contributed by atoms with Crippen molar-refractivity contribution in [3.63, 3.8) is 0 Å². The van der Waals surface area contributed by atoms with E-state index in [2.05, 4.69) is 10.3 Å². The lowest BCUT2D eigenvalue weighted by Crippen LogP contribution is -2.58. The minimum absolute atomic E-state index is 0.0699. The van der Waals surface area contributed by atoms with Crippen LogP contribution in [0.2, 0.25) is 0 Å². The van der Waals surface area contributed by atoms with Crippen molar-refractivity contribution in [3.8, 4) is 0 Å². The van der Waals surface area contributed by atoms with Crippen LogP contribution in [0.1, 0.15) is 103 Å². The summed E-state index contributed by atoms with van der Waals surface area (Å²) in [5, 5.41) is 48.2. The molecule has 234 valence electrons. The number of carbonyl (C=O) groups excluding carboxylic acids is 2. The van der Waals surface area contributed by atoms with Gasteiger partial charge in [0.15, 0.2) is 0 Å². The fraction of sp³-hybridized carbons (Fsp3) is 0.839. The molecule has 3 rings (SSSR count). The predicted molar refractivity (Wildman–Crippen MR) is 160 cm³/mol. The van der Waals surface area contributed by atoms with Crippen LogP contribution in [-0.2, 0) is 16.0 Å². The maximum absolute atomic E-state index is 14.6. The van der Waals surface area contributed by atoms with Crippen LogP contribution in [0.25, 0.3) is 0 Å². The first-order chi connectivity index (χ1) is 19.6. The van der Waals surface area contributed by atoms with E-state index in [9.17, 15) is 30.0 Å². The molecule has 0 spiro atoms. The monoisotopic (exact) mass is 595 g/mol. The lowest BCUT2D eigenvalue weighted by Gasteiger charge is -2.45. The summed E-state index contributed by atoms with van der Waals surface area (Å²) in [4.78, 5) is 33.4. The summed E-state index contributed by atoms with van der Waals surface area (Å²) >= 11 is 1.42. The molecule has 1 aromatic rings. The van der Waals surface area contributed by atoms with Gasteiger partial charge >= 0.3 is 0 Å². The number of amides is 2. The maximum atomic E-state index is 14.6. The lowest BCUT2D eigenvalue weighted by atomic mass is 9.79. The number of thiazole rings is 1. The first-order valence-electron chi connectivity index (χ1n) is 15.8. The number of hydrogen-bond acceptors (Lipinski definition) is 8. The fourth-order valence-electron chi connectivity index (χ4n) is 6.70. The molecule has 0 unspecified atom stereocenters. The Labute approximate surface area is 249 Å². The average molecular weight is 596 g/mol. The number of hydrogen-bond donors (Lipinski definition) is 5. The number of aliphatic hydroxyl groups is 4. The number of aromatic nitrogens is 1. The standard InChI is InChI=1S/C31H53N3O6S/c1-22(2)15-27(36)29(38)26(16-23-9-5-3-6-10-23)34(20-31(40)11-7-4-8-12-31)30(39)24(17-25-19-41-21-33-25)18-28(37)32-13-14-35/h19,21-24,26-27,29,35-36,38,40H,3-18,20H2,1-2H3,(H,32,37)/t24-,26+,27+,29-/m1/s1. The second-order valence-electron chi connectivity index (χ2n) is 12.9. The van der Waals surface area contributed by atoms with Gasteiger partial charge in [0.05, 0.1) is 41.5 Å². The van der Waals surface area contributed by atoms with Gasteiger partial charge in [-0.15, -0.1) is 11.3 Å². The summed E-state index contributed by atoms with van der Waals surface area (Å²) in [6.07, 6.45) is 8.30. The highest BCUT2D eigenvalue weighted by Crippen LogP contribution is 2.35. The summed E-state index contributed by atoms with van der Waals surface area (Å²) in [7, 11) is 0. The molecule has 1 heterocycles. The Balaban J connectivity index is 1.99. The quantitative estimate of drug-likeness (QED) is 0.197. The Kier molecular flexibility index (Phi) is 14.0. The van der Waals surface area contributed by atoms with Crippen molar-refractivity contribution >= 4 is 23.2 Å². The highest BCUT2D eigenvalue weighted by atomic mass is 32.1. The largest absolute Gasteiger partial charge is 0.395 e. The number of rotatable bonds is 16. The first kappa shape index (κ1) is 33.9. The van der Waals surface area contributed by atoms with Gasteiger partial charge in [-0.2, -0.15) is 0 Å². The second kappa shape index (κ2) is 16.9. The van der Waals surface area contributed by atoms with Crippen LogP contribution in [0.4, 0.5) is 0 Å². The van der Waals surface area contributed by atoms with Crippen molar-refractivity contribution in [1.29, 1.82) is 0 Å². The Morgan fingerprint density at radius 2 is 1.80 bits per heavy atom. The summed E-state index contributed by atoms with van der Waals surface area (Å²) in [6.45, 7) is 3.97. The molecule has 2 aliphatic rings. The molecule has 0 aliphatic heterocycles. The van der Waals surface area contributed by atoms with Gasteiger partial charge in [0.1, 0.15) is 6.10 Å². The summed E-state index contributed by atoms with van der Waals surface area (Å²) in [6, 6.07) is -0.677. The van der Waals surface area contributed by atoms with E-state index in [0.717, 1.165) is 44.9 Å². The first-order valence-corrected chi connectivity index (χ1v) is 16.7. The van der Waals surface area contributed by atoms with Crippen LogP contribution in [-0.4, -0.2) is 85.7 Å². The minimum Gasteiger partial charge on any atom is -0.395 e. The van der Waals surface area contributed by atoms with Crippen molar-refractivity contribution in [3.05, 3.63) is 16.6 Å². The molecule has 0 aromatic carbocycles. The van der Waals surface area contributed by atoms with Crippen LogP contribution >= 0.6 is 11.3 Å². The molecule has 2 aliphatic carbocycles. The summed E-state index contributed by atoms with van der Waals surface area (Å²) in [5.74, 6) is -0.919. The van der Waals surface area contributed by atoms with E-state index in [1.807, 2.05) is 19.2 Å². The molecule has 2 saturated carbocycles. The number of aliphatic hydroxyl groups excluding tert-OH is 3. The molecule has 0 saturated heterocycles. The molecule has 4 atom stereocenters. The van der Waals surface area contributed by atoms with Crippen molar-refractivity contribution in [2.75, 3.05) is 19.7 Å². The Bertz CT molecular complexity index is 902. The van der Waals surface area contributed by atoms with Gasteiger partial charge in [0.2, 0.25) is 11.8 Å². The van der Waals surface area contributed by atoms with Gasteiger partial charge in [-0.3, -0.25) is 9.59 Å². The van der Waals surface area contributed by atoms with Crippen molar-refractivity contribution in [2.24, 2.45) is 17.8 Å². The third kappa shape index (κ3) is 10.9. The van der Waals surface area contributed by atoms with Gasteiger partial charge in [-0.1, -0.05) is 65.2 Å². The van der Waals surface area contributed by atoms with Crippen LogP contribution in [0, 0.1) is 17.8 Å². The summed E-state index contributed by atoms with van der Waals surface area (Å²) in [5.41, 5.74) is 1.33. The summed E-state index contributed by atoms with van der Waals surface area (Å²) < 4.78 is 0.